The first-order valence-corrected chi connectivity index (χ1v) is 7.74. The maximum atomic E-state index is 6.34. The van der Waals surface area contributed by atoms with Crippen molar-refractivity contribution in [2.24, 2.45) is 0 Å². The lowest BCUT2D eigenvalue weighted by molar-refractivity contribution is 0.796. The van der Waals surface area contributed by atoms with E-state index in [1.54, 1.807) is 11.3 Å². The highest BCUT2D eigenvalue weighted by atomic mass is 35.5. The van der Waals surface area contributed by atoms with E-state index in [-0.39, 0.29) is 0 Å². The molecule has 2 N–H and O–H groups in total. The van der Waals surface area contributed by atoms with Crippen LogP contribution in [0.4, 0.5) is 5.00 Å². The van der Waals surface area contributed by atoms with E-state index in [0.717, 1.165) is 39.0 Å². The molecule has 0 aliphatic heterocycles. The number of aromatic nitrogens is 2. The molecule has 5 heteroatoms. The first-order valence-electron chi connectivity index (χ1n) is 6.55. The van der Waals surface area contributed by atoms with Gasteiger partial charge in [0.05, 0.1) is 26.6 Å². The van der Waals surface area contributed by atoms with Gasteiger partial charge in [-0.25, -0.2) is 4.98 Å². The van der Waals surface area contributed by atoms with Crippen LogP contribution in [0.5, 0.6) is 0 Å². The normalized spacial score (nSPS) is 11.4. The molecule has 0 saturated heterocycles. The zero-order chi connectivity index (χ0) is 14.4. The third kappa shape index (κ3) is 1.83. The smallest absolute Gasteiger partial charge is 0.144 e. The predicted molar refractivity (Wildman–Crippen MR) is 87.6 cm³/mol. The number of halogens is 1. The lowest BCUT2D eigenvalue weighted by Gasteiger charge is -2.07. The number of nitrogens with zero attached hydrogens (tertiary/aromatic N) is 2. The van der Waals surface area contributed by atoms with Crippen molar-refractivity contribution in [3.8, 4) is 11.4 Å². The van der Waals surface area contributed by atoms with Crippen LogP contribution in [-0.2, 0) is 6.54 Å². The summed E-state index contributed by atoms with van der Waals surface area (Å²) < 4.78 is 2.14. The molecule has 0 unspecified atom stereocenters. The molecule has 0 bridgehead atoms. The van der Waals surface area contributed by atoms with Gasteiger partial charge in [0.25, 0.3) is 0 Å². The van der Waals surface area contributed by atoms with Gasteiger partial charge >= 0.3 is 0 Å². The van der Waals surface area contributed by atoms with Crippen LogP contribution in [0.15, 0.2) is 18.2 Å². The van der Waals surface area contributed by atoms with Gasteiger partial charge in [0.15, 0.2) is 0 Å². The highest BCUT2D eigenvalue weighted by Gasteiger charge is 2.20. The standard InChI is InChI=1S/C15H16ClN3S/c1-4-19-13-10(16)6-5-7-11(13)18-15(19)12-8(2)9(3)20-14(12)17/h5-7H,4,17H2,1-3H3. The van der Waals surface area contributed by atoms with Crippen molar-refractivity contribution in [2.45, 2.75) is 27.3 Å². The van der Waals surface area contributed by atoms with Crippen molar-refractivity contribution in [3.05, 3.63) is 33.7 Å². The van der Waals surface area contributed by atoms with Crippen molar-refractivity contribution in [3.63, 3.8) is 0 Å². The number of fused-ring (bicyclic) bond motifs is 1. The maximum absolute atomic E-state index is 6.34. The number of thiophene rings is 1. The number of imidazole rings is 1. The van der Waals surface area contributed by atoms with Gasteiger partial charge in [0, 0.05) is 11.4 Å². The molecule has 3 rings (SSSR count). The molecule has 0 radical (unpaired) electrons. The Balaban J connectivity index is 2.40. The number of rotatable bonds is 2. The Morgan fingerprint density at radius 2 is 2.10 bits per heavy atom. The highest BCUT2D eigenvalue weighted by molar-refractivity contribution is 7.16. The number of nitrogens with two attached hydrogens (primary N) is 1. The van der Waals surface area contributed by atoms with E-state index in [4.69, 9.17) is 22.3 Å². The van der Waals surface area contributed by atoms with E-state index in [0.29, 0.717) is 0 Å². The quantitative estimate of drug-likeness (QED) is 0.749. The molecule has 2 heterocycles. The zero-order valence-electron chi connectivity index (χ0n) is 11.7. The monoisotopic (exact) mass is 305 g/mol. The number of nitrogen functional groups attached to an aromatic ring is 1. The Labute approximate surface area is 127 Å². The lowest BCUT2D eigenvalue weighted by Crippen LogP contribution is -1.99. The minimum atomic E-state index is 0.728. The molecule has 1 aromatic carbocycles. The van der Waals surface area contributed by atoms with Crippen LogP contribution in [0.25, 0.3) is 22.4 Å². The number of aryl methyl sites for hydroxylation is 2. The topological polar surface area (TPSA) is 43.8 Å². The molecular weight excluding hydrogens is 290 g/mol. The second kappa shape index (κ2) is 4.79. The second-order valence-corrected chi connectivity index (χ2v) is 6.47. The summed E-state index contributed by atoms with van der Waals surface area (Å²) >= 11 is 7.95. The lowest BCUT2D eigenvalue weighted by atomic mass is 10.1. The van der Waals surface area contributed by atoms with Gasteiger partial charge < -0.3 is 10.3 Å². The molecule has 3 aromatic rings. The van der Waals surface area contributed by atoms with Crippen molar-refractivity contribution >= 4 is 39.0 Å². The molecule has 20 heavy (non-hydrogen) atoms. The van der Waals surface area contributed by atoms with Crippen LogP contribution in [0.1, 0.15) is 17.4 Å². The van der Waals surface area contributed by atoms with Gasteiger partial charge in [-0.15, -0.1) is 11.3 Å². The van der Waals surface area contributed by atoms with Gasteiger partial charge in [0.2, 0.25) is 0 Å². The summed E-state index contributed by atoms with van der Waals surface area (Å²) in [4.78, 5) is 5.99. The van der Waals surface area contributed by atoms with Crippen molar-refractivity contribution in [1.29, 1.82) is 0 Å². The minimum Gasteiger partial charge on any atom is -0.390 e. The third-order valence-electron chi connectivity index (χ3n) is 3.67. The first-order chi connectivity index (χ1) is 9.54. The van der Waals surface area contributed by atoms with E-state index in [2.05, 4.69) is 25.3 Å². The molecule has 0 aliphatic rings. The van der Waals surface area contributed by atoms with Crippen molar-refractivity contribution < 1.29 is 0 Å². The molecule has 0 amide bonds. The number of anilines is 1. The summed E-state index contributed by atoms with van der Waals surface area (Å²) in [6.07, 6.45) is 0. The zero-order valence-corrected chi connectivity index (χ0v) is 13.3. The summed E-state index contributed by atoms with van der Waals surface area (Å²) in [6, 6.07) is 5.81. The fraction of sp³-hybridized carbons (Fsp3) is 0.267. The van der Waals surface area contributed by atoms with E-state index in [1.165, 1.54) is 10.4 Å². The van der Waals surface area contributed by atoms with Gasteiger partial charge in [-0.1, -0.05) is 17.7 Å². The molecule has 0 fully saturated rings. The SMILES string of the molecule is CCn1c(-c2c(N)sc(C)c2C)nc2cccc(Cl)c21. The molecule has 0 atom stereocenters. The highest BCUT2D eigenvalue weighted by Crippen LogP contribution is 2.39. The largest absolute Gasteiger partial charge is 0.390 e. The van der Waals surface area contributed by atoms with Crippen molar-refractivity contribution in [1.82, 2.24) is 9.55 Å². The number of para-hydroxylation sites is 1. The molecule has 0 spiro atoms. The van der Waals surface area contributed by atoms with Gasteiger partial charge in [0.1, 0.15) is 5.82 Å². The van der Waals surface area contributed by atoms with Crippen LogP contribution in [0, 0.1) is 13.8 Å². The summed E-state index contributed by atoms with van der Waals surface area (Å²) in [7, 11) is 0. The Morgan fingerprint density at radius 1 is 1.35 bits per heavy atom. The van der Waals surface area contributed by atoms with Gasteiger partial charge in [-0.05, 0) is 38.5 Å². The minimum absolute atomic E-state index is 0.728. The molecule has 3 nitrogen and oxygen atoms in total. The van der Waals surface area contributed by atoms with E-state index in [1.807, 2.05) is 18.2 Å². The van der Waals surface area contributed by atoms with Crippen LogP contribution >= 0.6 is 22.9 Å². The summed E-state index contributed by atoms with van der Waals surface area (Å²) in [5.74, 6) is 0.912. The average molecular weight is 306 g/mol. The number of hydrogen-bond donors (Lipinski definition) is 1. The van der Waals surface area contributed by atoms with E-state index in [9.17, 15) is 0 Å². The Hall–Kier alpha value is -1.52. The first kappa shape index (κ1) is 13.5. The predicted octanol–water partition coefficient (Wildman–Crippen LogP) is 4.64. The summed E-state index contributed by atoms with van der Waals surface area (Å²) in [5.41, 5.74) is 10.3. The van der Waals surface area contributed by atoms with Gasteiger partial charge in [-0.2, -0.15) is 0 Å². The van der Waals surface area contributed by atoms with Crippen LogP contribution < -0.4 is 5.73 Å². The fourth-order valence-corrected chi connectivity index (χ4v) is 3.77. The van der Waals surface area contributed by atoms with Crippen molar-refractivity contribution in [2.75, 3.05) is 5.73 Å². The Morgan fingerprint density at radius 3 is 2.70 bits per heavy atom. The second-order valence-electron chi connectivity index (χ2n) is 4.81. The molecule has 0 saturated carbocycles. The Bertz CT molecular complexity index is 801. The van der Waals surface area contributed by atoms with Crippen LogP contribution in [0.3, 0.4) is 0 Å². The molecular formula is C15H16ClN3S. The Kier molecular flexibility index (Phi) is 3.22. The number of hydrogen-bond acceptors (Lipinski definition) is 3. The van der Waals surface area contributed by atoms with E-state index < -0.39 is 0 Å². The van der Waals surface area contributed by atoms with E-state index >= 15 is 0 Å². The maximum Gasteiger partial charge on any atom is 0.144 e. The number of benzene rings is 1. The average Bonchev–Trinajstić information content (AvgIpc) is 2.88. The van der Waals surface area contributed by atoms with Crippen LogP contribution in [0.2, 0.25) is 5.02 Å². The summed E-state index contributed by atoms with van der Waals surface area (Å²) in [5, 5.41) is 1.55. The molecule has 2 aromatic heterocycles. The fourth-order valence-electron chi connectivity index (χ4n) is 2.57. The van der Waals surface area contributed by atoms with Gasteiger partial charge in [-0.3, -0.25) is 0 Å². The third-order valence-corrected chi connectivity index (χ3v) is 5.01. The summed E-state index contributed by atoms with van der Waals surface area (Å²) in [6.45, 7) is 7.09. The molecule has 104 valence electrons. The van der Waals surface area contributed by atoms with Crippen LogP contribution in [-0.4, -0.2) is 9.55 Å². The molecule has 0 aliphatic carbocycles.